The summed E-state index contributed by atoms with van der Waals surface area (Å²) in [5.74, 6) is 1.66. The van der Waals surface area contributed by atoms with Crippen molar-refractivity contribution in [3.63, 3.8) is 0 Å². The molecule has 0 aliphatic heterocycles. The van der Waals surface area contributed by atoms with Gasteiger partial charge in [0.15, 0.2) is 6.26 Å². The van der Waals surface area contributed by atoms with Gasteiger partial charge in [0, 0.05) is 16.9 Å². The van der Waals surface area contributed by atoms with Gasteiger partial charge in [-0.05, 0) is 18.4 Å². The Labute approximate surface area is 78.4 Å². The Bertz CT molecular complexity index is 397. The van der Waals surface area contributed by atoms with E-state index in [0.717, 1.165) is 5.76 Å². The second-order valence-corrected chi connectivity index (χ2v) is 4.91. The topological polar surface area (TPSA) is 13.1 Å². The van der Waals surface area contributed by atoms with E-state index in [-0.39, 0.29) is 10.8 Å². The summed E-state index contributed by atoms with van der Waals surface area (Å²) < 4.78 is 5.47. The fourth-order valence-electron chi connectivity index (χ4n) is 2.84. The first-order valence-corrected chi connectivity index (χ1v) is 4.77. The van der Waals surface area contributed by atoms with Crippen molar-refractivity contribution in [1.82, 2.24) is 0 Å². The van der Waals surface area contributed by atoms with Crippen LogP contribution in [0, 0.1) is 11.7 Å². The van der Waals surface area contributed by atoms with Crippen LogP contribution >= 0.6 is 0 Å². The van der Waals surface area contributed by atoms with Gasteiger partial charge in [-0.2, -0.15) is 0 Å². The Morgan fingerprint density at radius 3 is 2.85 bits per heavy atom. The summed E-state index contributed by atoms with van der Waals surface area (Å²) in [5.41, 5.74) is 1.71. The minimum atomic E-state index is 0.0903. The van der Waals surface area contributed by atoms with E-state index >= 15 is 0 Å². The molecule has 1 aromatic rings. The lowest BCUT2D eigenvalue weighted by atomic mass is 9.70. The van der Waals surface area contributed by atoms with E-state index < -0.39 is 0 Å². The number of hydrogen-bond acceptors (Lipinski definition) is 1. The molecular formula is C12H13O. The van der Waals surface area contributed by atoms with Gasteiger partial charge in [-0.25, -0.2) is 0 Å². The molecule has 2 atom stereocenters. The molecule has 2 bridgehead atoms. The maximum absolute atomic E-state index is 5.47. The Kier molecular flexibility index (Phi) is 1.01. The van der Waals surface area contributed by atoms with Crippen LogP contribution in [-0.4, -0.2) is 0 Å². The van der Waals surface area contributed by atoms with E-state index in [9.17, 15) is 0 Å². The Morgan fingerprint density at radius 2 is 2.15 bits per heavy atom. The summed E-state index contributed by atoms with van der Waals surface area (Å²) in [6.07, 6.45) is 7.45. The van der Waals surface area contributed by atoms with Gasteiger partial charge in [0.05, 0.1) is 0 Å². The highest BCUT2D eigenvalue weighted by Gasteiger charge is 2.58. The summed E-state index contributed by atoms with van der Waals surface area (Å²) in [6, 6.07) is 2.00. The summed E-state index contributed by atoms with van der Waals surface area (Å²) in [6.45, 7) is 6.88. The lowest BCUT2D eigenvalue weighted by molar-refractivity contribution is 0.228. The molecule has 2 aliphatic carbocycles. The maximum Gasteiger partial charge on any atom is 0.169 e. The van der Waals surface area contributed by atoms with Crippen molar-refractivity contribution < 1.29 is 4.42 Å². The number of furan rings is 1. The second-order valence-electron chi connectivity index (χ2n) is 4.91. The van der Waals surface area contributed by atoms with Gasteiger partial charge >= 0.3 is 0 Å². The molecule has 0 N–H and O–H groups in total. The van der Waals surface area contributed by atoms with Crippen LogP contribution in [-0.2, 0) is 5.41 Å². The predicted octanol–water partition coefficient (Wildman–Crippen LogP) is 3.03. The maximum atomic E-state index is 5.47. The normalized spacial score (nSPS) is 38.2. The van der Waals surface area contributed by atoms with Gasteiger partial charge in [0.2, 0.25) is 0 Å². The monoisotopic (exact) mass is 173 g/mol. The van der Waals surface area contributed by atoms with Crippen molar-refractivity contribution in [2.24, 2.45) is 5.41 Å². The zero-order valence-corrected chi connectivity index (χ0v) is 8.22. The van der Waals surface area contributed by atoms with E-state index in [1.165, 1.54) is 5.56 Å². The molecule has 1 radical (unpaired) electrons. The van der Waals surface area contributed by atoms with Crippen molar-refractivity contribution in [1.29, 1.82) is 0 Å². The van der Waals surface area contributed by atoms with Gasteiger partial charge in [-0.3, -0.25) is 0 Å². The minimum absolute atomic E-state index is 0.0903. The third-order valence-corrected chi connectivity index (χ3v) is 4.18. The molecule has 0 saturated heterocycles. The van der Waals surface area contributed by atoms with Crippen molar-refractivity contribution in [3.05, 3.63) is 35.8 Å². The van der Waals surface area contributed by atoms with Gasteiger partial charge < -0.3 is 4.42 Å². The van der Waals surface area contributed by atoms with Crippen molar-refractivity contribution in [2.75, 3.05) is 0 Å². The Morgan fingerprint density at radius 1 is 1.38 bits per heavy atom. The van der Waals surface area contributed by atoms with Crippen LogP contribution in [0.25, 0.3) is 0 Å². The Balaban J connectivity index is 2.34. The highest BCUT2D eigenvalue weighted by Crippen LogP contribution is 2.64. The molecule has 3 rings (SSSR count). The number of allylic oxidation sites excluding steroid dienone is 2. The number of hydrogen-bond donors (Lipinski definition) is 0. The molecule has 67 valence electrons. The quantitative estimate of drug-likeness (QED) is 0.549. The SMILES string of the molecule is CC12C=CC(c3c[c]oc31)C2(C)C. The molecule has 2 aliphatic rings. The Hall–Kier alpha value is -0.980. The lowest BCUT2D eigenvalue weighted by Crippen LogP contribution is -2.31. The third kappa shape index (κ3) is 0.560. The fraction of sp³-hybridized carbons (Fsp3) is 0.500. The predicted molar refractivity (Wildman–Crippen MR) is 50.6 cm³/mol. The van der Waals surface area contributed by atoms with Crippen LogP contribution in [0.2, 0.25) is 0 Å². The van der Waals surface area contributed by atoms with Crippen molar-refractivity contribution in [2.45, 2.75) is 32.1 Å². The first kappa shape index (κ1) is 7.43. The molecular weight excluding hydrogens is 160 g/mol. The van der Waals surface area contributed by atoms with E-state index in [1.807, 2.05) is 6.07 Å². The van der Waals surface area contributed by atoms with Crippen LogP contribution < -0.4 is 0 Å². The number of fused-ring (bicyclic) bond motifs is 5. The zero-order chi connectivity index (χ0) is 9.27. The fourth-order valence-corrected chi connectivity index (χ4v) is 2.84. The van der Waals surface area contributed by atoms with Crippen LogP contribution in [0.15, 0.2) is 22.6 Å². The first-order valence-electron chi connectivity index (χ1n) is 4.77. The van der Waals surface area contributed by atoms with E-state index in [1.54, 1.807) is 0 Å². The summed E-state index contributed by atoms with van der Waals surface area (Å²) in [7, 11) is 0. The van der Waals surface area contributed by atoms with E-state index in [2.05, 4.69) is 39.2 Å². The summed E-state index contributed by atoms with van der Waals surface area (Å²) >= 11 is 0. The van der Waals surface area contributed by atoms with Gasteiger partial charge in [0.1, 0.15) is 5.76 Å². The van der Waals surface area contributed by atoms with Crippen LogP contribution in [0.1, 0.15) is 38.0 Å². The van der Waals surface area contributed by atoms with Crippen LogP contribution in [0.5, 0.6) is 0 Å². The molecule has 0 amide bonds. The minimum Gasteiger partial charge on any atom is -0.457 e. The summed E-state index contributed by atoms with van der Waals surface area (Å²) in [5, 5.41) is 0. The highest BCUT2D eigenvalue weighted by molar-refractivity contribution is 5.51. The van der Waals surface area contributed by atoms with Crippen LogP contribution in [0.3, 0.4) is 0 Å². The molecule has 0 fully saturated rings. The standard InChI is InChI=1S/C12H13O/c1-11(2)9-4-6-12(11,3)10-8(9)5-7-13-10/h4-6,9H,1-3H3. The first-order chi connectivity index (χ1) is 6.07. The van der Waals surface area contributed by atoms with E-state index in [4.69, 9.17) is 4.42 Å². The third-order valence-electron chi connectivity index (χ3n) is 4.18. The number of rotatable bonds is 0. The van der Waals surface area contributed by atoms with Crippen LogP contribution in [0.4, 0.5) is 0 Å². The smallest absolute Gasteiger partial charge is 0.169 e. The molecule has 1 aromatic heterocycles. The summed E-state index contributed by atoms with van der Waals surface area (Å²) in [4.78, 5) is 0. The largest absolute Gasteiger partial charge is 0.457 e. The average Bonchev–Trinajstić information content (AvgIpc) is 2.63. The molecule has 0 aromatic carbocycles. The van der Waals surface area contributed by atoms with Crippen molar-refractivity contribution >= 4 is 0 Å². The molecule has 1 heterocycles. The van der Waals surface area contributed by atoms with Gasteiger partial charge in [-0.1, -0.05) is 26.0 Å². The van der Waals surface area contributed by atoms with E-state index in [0.29, 0.717) is 5.92 Å². The van der Waals surface area contributed by atoms with Crippen molar-refractivity contribution in [3.8, 4) is 0 Å². The average molecular weight is 173 g/mol. The molecule has 2 unspecified atom stereocenters. The zero-order valence-electron chi connectivity index (χ0n) is 8.22. The molecule has 13 heavy (non-hydrogen) atoms. The molecule has 1 heteroatoms. The molecule has 0 saturated carbocycles. The molecule has 0 spiro atoms. The highest BCUT2D eigenvalue weighted by atomic mass is 16.3. The lowest BCUT2D eigenvalue weighted by Gasteiger charge is -2.33. The second kappa shape index (κ2) is 1.77. The van der Waals surface area contributed by atoms with Gasteiger partial charge in [-0.15, -0.1) is 0 Å². The molecule has 1 nitrogen and oxygen atoms in total. The van der Waals surface area contributed by atoms with Gasteiger partial charge in [0.25, 0.3) is 0 Å².